The summed E-state index contributed by atoms with van der Waals surface area (Å²) >= 11 is 0. The molecule has 5 nitrogen and oxygen atoms in total. The third kappa shape index (κ3) is 1.90. The lowest BCUT2D eigenvalue weighted by atomic mass is 10.0. The predicted molar refractivity (Wildman–Crippen MR) is 81.8 cm³/mol. The fourth-order valence-electron chi connectivity index (χ4n) is 2.61. The van der Waals surface area contributed by atoms with E-state index in [1.165, 1.54) is 0 Å². The molecule has 3 heterocycles. The number of aromatic amines is 2. The van der Waals surface area contributed by atoms with Gasteiger partial charge in [0.05, 0.1) is 11.0 Å². The van der Waals surface area contributed by atoms with Gasteiger partial charge in [-0.15, -0.1) is 0 Å². The standard InChI is InChI=1S/C16H14N4O/c1-9(21)15-19-13-3-2-10(8-14(13)20-15)11-4-6-17-16-12(11)5-7-18-16/h2-9,21H,1H3,(H,17,18)(H,19,20)/t9-/m0/s1. The molecular weight excluding hydrogens is 264 g/mol. The van der Waals surface area contributed by atoms with E-state index in [1.807, 2.05) is 30.5 Å². The Morgan fingerprint density at radius 3 is 2.95 bits per heavy atom. The average Bonchev–Trinajstić information content (AvgIpc) is 3.12. The first-order valence-corrected chi connectivity index (χ1v) is 6.82. The number of H-pyrrole nitrogens is 2. The monoisotopic (exact) mass is 278 g/mol. The van der Waals surface area contributed by atoms with Crippen LogP contribution in [0.25, 0.3) is 33.2 Å². The minimum Gasteiger partial charge on any atom is -0.385 e. The van der Waals surface area contributed by atoms with Crippen molar-refractivity contribution in [3.8, 4) is 11.1 Å². The summed E-state index contributed by atoms with van der Waals surface area (Å²) in [4.78, 5) is 15.0. The number of hydrogen-bond donors (Lipinski definition) is 3. The highest BCUT2D eigenvalue weighted by atomic mass is 16.3. The number of aromatic nitrogens is 4. The van der Waals surface area contributed by atoms with Crippen LogP contribution in [-0.2, 0) is 0 Å². The number of rotatable bonds is 2. The largest absolute Gasteiger partial charge is 0.385 e. The second-order valence-electron chi connectivity index (χ2n) is 5.13. The zero-order valence-corrected chi connectivity index (χ0v) is 11.5. The molecule has 3 N–H and O–H groups in total. The van der Waals surface area contributed by atoms with Crippen LogP contribution in [0.5, 0.6) is 0 Å². The van der Waals surface area contributed by atoms with Crippen LogP contribution in [0.1, 0.15) is 18.9 Å². The molecule has 0 aliphatic rings. The molecule has 0 aliphatic carbocycles. The van der Waals surface area contributed by atoms with Crippen molar-refractivity contribution in [1.29, 1.82) is 0 Å². The Bertz CT molecular complexity index is 936. The van der Waals surface area contributed by atoms with E-state index in [0.29, 0.717) is 5.82 Å². The van der Waals surface area contributed by atoms with Crippen molar-refractivity contribution in [2.24, 2.45) is 0 Å². The van der Waals surface area contributed by atoms with Crippen molar-refractivity contribution in [3.05, 3.63) is 48.5 Å². The van der Waals surface area contributed by atoms with Crippen LogP contribution in [-0.4, -0.2) is 25.0 Å². The van der Waals surface area contributed by atoms with Crippen molar-refractivity contribution in [3.63, 3.8) is 0 Å². The Hall–Kier alpha value is -2.66. The maximum atomic E-state index is 9.62. The molecule has 21 heavy (non-hydrogen) atoms. The predicted octanol–water partition coefficient (Wildman–Crippen LogP) is 3.16. The summed E-state index contributed by atoms with van der Waals surface area (Å²) in [6.07, 6.45) is 3.09. The molecule has 1 atom stereocenters. The highest BCUT2D eigenvalue weighted by Crippen LogP contribution is 2.29. The van der Waals surface area contributed by atoms with E-state index in [0.717, 1.165) is 33.2 Å². The van der Waals surface area contributed by atoms with Crippen molar-refractivity contribution >= 4 is 22.1 Å². The van der Waals surface area contributed by atoms with Gasteiger partial charge in [-0.2, -0.15) is 0 Å². The first kappa shape index (κ1) is 12.1. The lowest BCUT2D eigenvalue weighted by molar-refractivity contribution is 0.190. The molecule has 104 valence electrons. The minimum atomic E-state index is -0.599. The SMILES string of the molecule is C[C@H](O)c1nc2ccc(-c3ccnc4[nH]ccc34)cc2[nH]1. The fraction of sp³-hybridized carbons (Fsp3) is 0.125. The van der Waals surface area contributed by atoms with Crippen LogP contribution in [0.3, 0.4) is 0 Å². The molecule has 5 heteroatoms. The number of nitrogens with one attached hydrogen (secondary N) is 2. The van der Waals surface area contributed by atoms with Gasteiger partial charge in [0.15, 0.2) is 0 Å². The fourth-order valence-corrected chi connectivity index (χ4v) is 2.61. The molecular formula is C16H14N4O. The van der Waals surface area contributed by atoms with E-state index in [9.17, 15) is 5.11 Å². The van der Waals surface area contributed by atoms with Crippen molar-refractivity contribution in [1.82, 2.24) is 19.9 Å². The Morgan fingerprint density at radius 1 is 1.19 bits per heavy atom. The van der Waals surface area contributed by atoms with Crippen molar-refractivity contribution < 1.29 is 5.11 Å². The molecule has 0 saturated heterocycles. The van der Waals surface area contributed by atoms with E-state index in [2.05, 4.69) is 26.0 Å². The van der Waals surface area contributed by atoms with Crippen molar-refractivity contribution in [2.45, 2.75) is 13.0 Å². The zero-order valence-electron chi connectivity index (χ0n) is 11.5. The van der Waals surface area contributed by atoms with Crippen molar-refractivity contribution in [2.75, 3.05) is 0 Å². The van der Waals surface area contributed by atoms with Gasteiger partial charge in [-0.05, 0) is 42.3 Å². The lowest BCUT2D eigenvalue weighted by Gasteiger charge is -2.03. The molecule has 0 amide bonds. The Balaban J connectivity index is 1.92. The second kappa shape index (κ2) is 4.43. The van der Waals surface area contributed by atoms with Crippen LogP contribution in [0.4, 0.5) is 0 Å². The first-order chi connectivity index (χ1) is 10.2. The Morgan fingerprint density at radius 2 is 2.10 bits per heavy atom. The summed E-state index contributed by atoms with van der Waals surface area (Å²) in [5.41, 5.74) is 4.87. The molecule has 0 spiro atoms. The smallest absolute Gasteiger partial charge is 0.137 e. The highest BCUT2D eigenvalue weighted by Gasteiger charge is 2.10. The van der Waals surface area contributed by atoms with E-state index < -0.39 is 6.10 Å². The number of nitrogens with zero attached hydrogens (tertiary/aromatic N) is 2. The zero-order chi connectivity index (χ0) is 14.4. The van der Waals surface area contributed by atoms with Crippen LogP contribution >= 0.6 is 0 Å². The molecule has 0 unspecified atom stereocenters. The molecule has 0 aliphatic heterocycles. The van der Waals surface area contributed by atoms with Gasteiger partial charge in [0.25, 0.3) is 0 Å². The van der Waals surface area contributed by atoms with E-state index in [1.54, 1.807) is 13.1 Å². The maximum Gasteiger partial charge on any atom is 0.137 e. The maximum absolute atomic E-state index is 9.62. The van der Waals surface area contributed by atoms with E-state index in [-0.39, 0.29) is 0 Å². The van der Waals surface area contributed by atoms with Gasteiger partial charge in [0, 0.05) is 17.8 Å². The topological polar surface area (TPSA) is 77.6 Å². The van der Waals surface area contributed by atoms with E-state index in [4.69, 9.17) is 0 Å². The molecule has 1 aromatic carbocycles. The molecule has 0 radical (unpaired) electrons. The summed E-state index contributed by atoms with van der Waals surface area (Å²) in [6.45, 7) is 1.70. The van der Waals surface area contributed by atoms with Gasteiger partial charge < -0.3 is 15.1 Å². The quantitative estimate of drug-likeness (QED) is 0.527. The Labute approximate surface area is 120 Å². The third-order valence-electron chi connectivity index (χ3n) is 3.67. The number of benzene rings is 1. The lowest BCUT2D eigenvalue weighted by Crippen LogP contribution is -1.92. The summed E-state index contributed by atoms with van der Waals surface area (Å²) in [6, 6.07) is 10.1. The summed E-state index contributed by atoms with van der Waals surface area (Å²) in [5.74, 6) is 0.587. The summed E-state index contributed by atoms with van der Waals surface area (Å²) in [7, 11) is 0. The van der Waals surface area contributed by atoms with Crippen LogP contribution < -0.4 is 0 Å². The summed E-state index contributed by atoms with van der Waals surface area (Å²) in [5, 5.41) is 10.7. The molecule has 0 fully saturated rings. The minimum absolute atomic E-state index is 0.587. The van der Waals surface area contributed by atoms with Crippen LogP contribution in [0.2, 0.25) is 0 Å². The summed E-state index contributed by atoms with van der Waals surface area (Å²) < 4.78 is 0. The van der Waals surface area contributed by atoms with E-state index >= 15 is 0 Å². The van der Waals surface area contributed by atoms with Crippen LogP contribution in [0.15, 0.2) is 42.7 Å². The number of fused-ring (bicyclic) bond motifs is 2. The van der Waals surface area contributed by atoms with Gasteiger partial charge in [0.1, 0.15) is 17.6 Å². The van der Waals surface area contributed by atoms with Gasteiger partial charge in [-0.25, -0.2) is 9.97 Å². The average molecular weight is 278 g/mol. The number of imidazole rings is 1. The van der Waals surface area contributed by atoms with Crippen LogP contribution in [0, 0.1) is 0 Å². The number of aliphatic hydroxyl groups is 1. The molecule has 0 saturated carbocycles. The number of aliphatic hydroxyl groups excluding tert-OH is 1. The normalized spacial score (nSPS) is 13.0. The molecule has 0 bridgehead atoms. The van der Waals surface area contributed by atoms with Gasteiger partial charge in [0.2, 0.25) is 0 Å². The Kier molecular flexibility index (Phi) is 2.55. The van der Waals surface area contributed by atoms with Gasteiger partial charge in [-0.1, -0.05) is 6.07 Å². The highest BCUT2D eigenvalue weighted by molar-refractivity contribution is 5.95. The molecule has 4 aromatic rings. The molecule has 3 aromatic heterocycles. The molecule has 4 rings (SSSR count). The number of pyridine rings is 1. The third-order valence-corrected chi connectivity index (χ3v) is 3.67. The number of hydrogen-bond acceptors (Lipinski definition) is 3. The first-order valence-electron chi connectivity index (χ1n) is 6.82. The van der Waals surface area contributed by atoms with Gasteiger partial charge in [-0.3, -0.25) is 0 Å². The second-order valence-corrected chi connectivity index (χ2v) is 5.13. The van der Waals surface area contributed by atoms with Gasteiger partial charge >= 0.3 is 0 Å².